The van der Waals surface area contributed by atoms with Gasteiger partial charge in [0.05, 0.1) is 19.2 Å². The molecule has 0 aromatic heterocycles. The van der Waals surface area contributed by atoms with Gasteiger partial charge in [0.15, 0.2) is 0 Å². The standard InChI is InChI=1S/C21H27NO5S/c1-14(2)17-10-8-11-18(15(3)4)21(17)22(28(24,25)26)20(23)13-16-9-6-7-12-19(16)27-5/h6-12,14-15H,13H2,1-5H3,(H,24,25,26). The van der Waals surface area contributed by atoms with Crippen LogP contribution in [0.3, 0.4) is 0 Å². The minimum Gasteiger partial charge on any atom is -0.496 e. The first-order valence-corrected chi connectivity index (χ1v) is 10.5. The lowest BCUT2D eigenvalue weighted by Crippen LogP contribution is -2.39. The molecule has 1 amide bonds. The number of amides is 1. The van der Waals surface area contributed by atoms with Crippen molar-refractivity contribution in [2.75, 3.05) is 11.4 Å². The van der Waals surface area contributed by atoms with Crippen molar-refractivity contribution in [1.29, 1.82) is 0 Å². The number of para-hydroxylation sites is 2. The van der Waals surface area contributed by atoms with E-state index < -0.39 is 16.2 Å². The topological polar surface area (TPSA) is 83.9 Å². The van der Waals surface area contributed by atoms with Crippen LogP contribution in [-0.2, 0) is 21.5 Å². The van der Waals surface area contributed by atoms with Crippen LogP contribution in [0, 0.1) is 0 Å². The van der Waals surface area contributed by atoms with Crippen LogP contribution in [0.25, 0.3) is 0 Å². The van der Waals surface area contributed by atoms with E-state index in [-0.39, 0.29) is 23.9 Å². The van der Waals surface area contributed by atoms with Crippen LogP contribution >= 0.6 is 0 Å². The van der Waals surface area contributed by atoms with Crippen molar-refractivity contribution in [3.8, 4) is 5.75 Å². The van der Waals surface area contributed by atoms with Crippen LogP contribution in [0.15, 0.2) is 42.5 Å². The fourth-order valence-corrected chi connectivity index (χ4v) is 3.96. The monoisotopic (exact) mass is 405 g/mol. The van der Waals surface area contributed by atoms with Crippen LogP contribution < -0.4 is 9.04 Å². The molecule has 0 atom stereocenters. The first-order chi connectivity index (χ1) is 13.1. The molecule has 0 bridgehead atoms. The molecule has 2 aromatic rings. The van der Waals surface area contributed by atoms with E-state index in [1.54, 1.807) is 36.4 Å². The number of carbonyl (C=O) groups is 1. The second-order valence-electron chi connectivity index (χ2n) is 7.22. The van der Waals surface area contributed by atoms with Gasteiger partial charge in [-0.3, -0.25) is 9.35 Å². The van der Waals surface area contributed by atoms with E-state index >= 15 is 0 Å². The molecule has 7 heteroatoms. The SMILES string of the molecule is COc1ccccc1CC(=O)N(c1c(C(C)C)cccc1C(C)C)S(=O)(=O)O. The summed E-state index contributed by atoms with van der Waals surface area (Å²) in [6.45, 7) is 7.65. The Balaban J connectivity index is 2.65. The van der Waals surface area contributed by atoms with Gasteiger partial charge in [-0.25, -0.2) is 0 Å². The Labute approximate surface area is 167 Å². The van der Waals surface area contributed by atoms with Gasteiger partial charge in [0.1, 0.15) is 5.75 Å². The summed E-state index contributed by atoms with van der Waals surface area (Å²) in [5.74, 6) is -0.358. The third-order valence-corrected chi connectivity index (χ3v) is 5.38. The normalized spacial score (nSPS) is 11.7. The van der Waals surface area contributed by atoms with Crippen molar-refractivity contribution in [2.45, 2.75) is 46.0 Å². The lowest BCUT2D eigenvalue weighted by molar-refractivity contribution is -0.116. The van der Waals surface area contributed by atoms with Crippen LogP contribution in [0.2, 0.25) is 0 Å². The molecule has 0 heterocycles. The summed E-state index contributed by atoms with van der Waals surface area (Å²) in [5.41, 5.74) is 2.13. The van der Waals surface area contributed by atoms with Gasteiger partial charge in [-0.2, -0.15) is 12.7 Å². The highest BCUT2D eigenvalue weighted by atomic mass is 32.2. The summed E-state index contributed by atoms with van der Waals surface area (Å²) in [6, 6.07) is 12.3. The minimum absolute atomic E-state index is 0.0444. The molecule has 0 saturated heterocycles. The zero-order chi connectivity index (χ0) is 21.1. The second kappa shape index (κ2) is 8.75. The molecular weight excluding hydrogens is 378 g/mol. The van der Waals surface area contributed by atoms with Gasteiger partial charge >= 0.3 is 10.3 Å². The number of hydrogen-bond donors (Lipinski definition) is 1. The summed E-state index contributed by atoms with van der Waals surface area (Å²) in [5, 5.41) is 0. The Hall–Kier alpha value is -2.38. The minimum atomic E-state index is -4.83. The maximum Gasteiger partial charge on any atom is 0.366 e. The lowest BCUT2D eigenvalue weighted by atomic mass is 9.92. The van der Waals surface area contributed by atoms with Crippen LogP contribution in [0.5, 0.6) is 5.75 Å². The number of benzene rings is 2. The van der Waals surface area contributed by atoms with Gasteiger partial charge in [-0.1, -0.05) is 64.1 Å². The molecule has 0 fully saturated rings. The van der Waals surface area contributed by atoms with Gasteiger partial charge in [0.2, 0.25) is 5.91 Å². The average molecular weight is 406 g/mol. The summed E-state index contributed by atoms with van der Waals surface area (Å²) in [6.07, 6.45) is -0.228. The number of hydrogen-bond acceptors (Lipinski definition) is 4. The molecule has 0 saturated carbocycles. The number of nitrogens with zero attached hydrogens (tertiary/aromatic N) is 1. The van der Waals surface area contributed by atoms with E-state index in [0.29, 0.717) is 26.7 Å². The molecule has 0 aliphatic carbocycles. The second-order valence-corrected chi connectivity index (χ2v) is 8.48. The maximum absolute atomic E-state index is 13.1. The number of ether oxygens (including phenoxy) is 1. The molecule has 2 aromatic carbocycles. The predicted molar refractivity (Wildman–Crippen MR) is 110 cm³/mol. The molecule has 6 nitrogen and oxygen atoms in total. The molecule has 1 N–H and O–H groups in total. The Bertz CT molecular complexity index is 925. The number of carbonyl (C=O) groups excluding carboxylic acids is 1. The first-order valence-electron chi connectivity index (χ1n) is 9.13. The summed E-state index contributed by atoms with van der Waals surface area (Å²) < 4.78 is 40.3. The Morgan fingerprint density at radius 1 is 1.00 bits per heavy atom. The van der Waals surface area contributed by atoms with Crippen molar-refractivity contribution in [1.82, 2.24) is 0 Å². The van der Waals surface area contributed by atoms with E-state index in [9.17, 15) is 17.8 Å². The summed E-state index contributed by atoms with van der Waals surface area (Å²) >= 11 is 0. The predicted octanol–water partition coefficient (Wildman–Crippen LogP) is 4.32. The molecule has 2 rings (SSSR count). The van der Waals surface area contributed by atoms with Crippen molar-refractivity contribution in [3.63, 3.8) is 0 Å². The third kappa shape index (κ3) is 4.72. The van der Waals surface area contributed by atoms with E-state index in [0.717, 1.165) is 0 Å². The molecule has 0 radical (unpaired) electrons. The summed E-state index contributed by atoms with van der Waals surface area (Å²) in [7, 11) is -3.34. The Morgan fingerprint density at radius 3 is 2.00 bits per heavy atom. The number of methoxy groups -OCH3 is 1. The third-order valence-electron chi connectivity index (χ3n) is 4.54. The largest absolute Gasteiger partial charge is 0.496 e. The maximum atomic E-state index is 13.1. The quantitative estimate of drug-likeness (QED) is 0.694. The molecular formula is C21H27NO5S. The Morgan fingerprint density at radius 2 is 1.54 bits per heavy atom. The van der Waals surface area contributed by atoms with Crippen molar-refractivity contribution in [2.24, 2.45) is 0 Å². The molecule has 0 spiro atoms. The van der Waals surface area contributed by atoms with Crippen LogP contribution in [0.1, 0.15) is 56.2 Å². The van der Waals surface area contributed by atoms with E-state index in [2.05, 4.69) is 0 Å². The highest BCUT2D eigenvalue weighted by Gasteiger charge is 2.33. The molecule has 0 aliphatic rings. The van der Waals surface area contributed by atoms with Crippen molar-refractivity contribution >= 4 is 21.9 Å². The van der Waals surface area contributed by atoms with Gasteiger partial charge in [-0.15, -0.1) is 0 Å². The zero-order valence-corrected chi connectivity index (χ0v) is 17.7. The van der Waals surface area contributed by atoms with E-state index in [1.165, 1.54) is 7.11 Å². The van der Waals surface area contributed by atoms with Crippen LogP contribution in [0.4, 0.5) is 5.69 Å². The van der Waals surface area contributed by atoms with Gasteiger partial charge in [-0.05, 0) is 29.0 Å². The zero-order valence-electron chi connectivity index (χ0n) is 16.8. The molecule has 0 aliphatic heterocycles. The first kappa shape index (κ1) is 21.9. The van der Waals surface area contributed by atoms with Gasteiger partial charge in [0.25, 0.3) is 0 Å². The van der Waals surface area contributed by atoms with Gasteiger partial charge < -0.3 is 4.74 Å². The highest BCUT2D eigenvalue weighted by molar-refractivity contribution is 7.88. The smallest absolute Gasteiger partial charge is 0.366 e. The molecule has 28 heavy (non-hydrogen) atoms. The number of rotatable bonds is 7. The van der Waals surface area contributed by atoms with E-state index in [4.69, 9.17) is 4.74 Å². The Kier molecular flexibility index (Phi) is 6.85. The average Bonchev–Trinajstić information content (AvgIpc) is 2.60. The van der Waals surface area contributed by atoms with Crippen molar-refractivity contribution in [3.05, 3.63) is 59.2 Å². The lowest BCUT2D eigenvalue weighted by Gasteiger charge is -2.27. The molecule has 0 unspecified atom stereocenters. The fraction of sp³-hybridized carbons (Fsp3) is 0.381. The van der Waals surface area contributed by atoms with E-state index in [1.807, 2.05) is 33.8 Å². The van der Waals surface area contributed by atoms with Crippen LogP contribution in [-0.4, -0.2) is 26.0 Å². The van der Waals surface area contributed by atoms with Crippen molar-refractivity contribution < 1.29 is 22.5 Å². The molecule has 152 valence electrons. The summed E-state index contributed by atoms with van der Waals surface area (Å²) in [4.78, 5) is 13.1. The fourth-order valence-electron chi connectivity index (χ4n) is 3.20. The van der Waals surface area contributed by atoms with Gasteiger partial charge in [0, 0.05) is 5.56 Å². The highest BCUT2D eigenvalue weighted by Crippen LogP contribution is 2.37. The number of anilines is 1.